The molecule has 0 radical (unpaired) electrons. The molecule has 27 heavy (non-hydrogen) atoms. The lowest BCUT2D eigenvalue weighted by Crippen LogP contribution is -2.33. The number of benzene rings is 2. The third-order valence-electron chi connectivity index (χ3n) is 4.63. The number of hydrogen-bond donors (Lipinski definition) is 3. The molecular weight excluding hydrogens is 350 g/mol. The fourth-order valence-electron chi connectivity index (χ4n) is 3.21. The molecule has 2 aromatic carbocycles. The van der Waals surface area contributed by atoms with E-state index in [2.05, 4.69) is 10.6 Å². The molecule has 1 saturated carbocycles. The minimum absolute atomic E-state index is 0.166. The van der Waals surface area contributed by atoms with Gasteiger partial charge in [0.2, 0.25) is 0 Å². The van der Waals surface area contributed by atoms with Crippen molar-refractivity contribution in [2.24, 2.45) is 5.92 Å². The molecule has 0 spiro atoms. The minimum Gasteiger partial charge on any atom is -0.481 e. The van der Waals surface area contributed by atoms with Crippen molar-refractivity contribution in [2.75, 3.05) is 5.32 Å². The Morgan fingerprint density at radius 2 is 1.85 bits per heavy atom. The van der Waals surface area contributed by atoms with E-state index in [1.165, 1.54) is 18.2 Å². The Kier molecular flexibility index (Phi) is 5.35. The Bertz CT molecular complexity index is 869. The summed E-state index contributed by atoms with van der Waals surface area (Å²) in [5, 5.41) is 26.2. The number of nitro benzene ring substituents is 1. The minimum atomic E-state index is -0.862. The van der Waals surface area contributed by atoms with E-state index in [-0.39, 0.29) is 23.0 Å². The van der Waals surface area contributed by atoms with Crippen LogP contribution in [0.25, 0.3) is 0 Å². The lowest BCUT2D eigenvalue weighted by molar-refractivity contribution is -0.383. The summed E-state index contributed by atoms with van der Waals surface area (Å²) in [4.78, 5) is 34.3. The first-order valence-corrected chi connectivity index (χ1v) is 8.58. The lowest BCUT2D eigenvalue weighted by atomic mass is 10.1. The number of carbonyl (C=O) groups excluding carboxylic acids is 1. The highest BCUT2D eigenvalue weighted by Gasteiger charge is 2.31. The van der Waals surface area contributed by atoms with Gasteiger partial charge in [0.1, 0.15) is 5.69 Å². The van der Waals surface area contributed by atoms with Crippen molar-refractivity contribution < 1.29 is 19.6 Å². The van der Waals surface area contributed by atoms with Gasteiger partial charge in [-0.05, 0) is 43.5 Å². The first-order valence-electron chi connectivity index (χ1n) is 8.58. The highest BCUT2D eigenvalue weighted by molar-refractivity contribution is 5.96. The fourth-order valence-corrected chi connectivity index (χ4v) is 3.21. The quantitative estimate of drug-likeness (QED) is 0.530. The van der Waals surface area contributed by atoms with Gasteiger partial charge in [-0.2, -0.15) is 0 Å². The number of carboxylic acid groups (broad SMARTS) is 1. The number of para-hydroxylation sites is 1. The third-order valence-corrected chi connectivity index (χ3v) is 4.63. The van der Waals surface area contributed by atoms with Crippen molar-refractivity contribution in [3.63, 3.8) is 0 Å². The summed E-state index contributed by atoms with van der Waals surface area (Å²) in [7, 11) is 0. The summed E-state index contributed by atoms with van der Waals surface area (Å²) in [6.45, 7) is 0. The van der Waals surface area contributed by atoms with E-state index in [0.29, 0.717) is 24.9 Å². The maximum Gasteiger partial charge on any atom is 0.306 e. The highest BCUT2D eigenvalue weighted by Crippen LogP contribution is 2.29. The van der Waals surface area contributed by atoms with Gasteiger partial charge in [-0.3, -0.25) is 19.7 Å². The molecule has 2 aromatic rings. The fraction of sp³-hybridized carbons (Fsp3) is 0.263. The van der Waals surface area contributed by atoms with Crippen LogP contribution in [-0.2, 0) is 4.79 Å². The molecule has 1 fully saturated rings. The van der Waals surface area contributed by atoms with E-state index in [1.807, 2.05) is 18.2 Å². The SMILES string of the molecule is O=C(N[C@@H]1CC[C@H](C(=O)O)C1)c1ccc(Nc2ccccc2)c([N+](=O)[O-])c1. The number of aliphatic carboxylic acids is 1. The molecular formula is C19H19N3O5. The van der Waals surface area contributed by atoms with E-state index in [1.54, 1.807) is 12.1 Å². The Labute approximate surface area is 155 Å². The molecule has 0 heterocycles. The summed E-state index contributed by atoms with van der Waals surface area (Å²) >= 11 is 0. The van der Waals surface area contributed by atoms with Crippen LogP contribution >= 0.6 is 0 Å². The van der Waals surface area contributed by atoms with E-state index >= 15 is 0 Å². The molecule has 2 atom stereocenters. The van der Waals surface area contributed by atoms with Gasteiger partial charge in [0, 0.05) is 23.4 Å². The van der Waals surface area contributed by atoms with Gasteiger partial charge in [0.05, 0.1) is 10.8 Å². The van der Waals surface area contributed by atoms with Crippen LogP contribution in [0.4, 0.5) is 17.1 Å². The summed E-state index contributed by atoms with van der Waals surface area (Å²) < 4.78 is 0. The zero-order chi connectivity index (χ0) is 19.4. The van der Waals surface area contributed by atoms with Crippen LogP contribution in [0.3, 0.4) is 0 Å². The Morgan fingerprint density at radius 1 is 1.11 bits per heavy atom. The largest absolute Gasteiger partial charge is 0.481 e. The molecule has 3 N–H and O–H groups in total. The molecule has 0 aliphatic heterocycles. The first-order chi connectivity index (χ1) is 12.9. The lowest BCUT2D eigenvalue weighted by Gasteiger charge is -2.13. The number of nitrogens with zero attached hydrogens (tertiary/aromatic N) is 1. The van der Waals surface area contributed by atoms with Crippen molar-refractivity contribution in [1.29, 1.82) is 0 Å². The molecule has 1 amide bonds. The monoisotopic (exact) mass is 369 g/mol. The summed E-state index contributed by atoms with van der Waals surface area (Å²) in [5.74, 6) is -1.76. The molecule has 3 rings (SSSR count). The number of rotatable bonds is 6. The van der Waals surface area contributed by atoms with E-state index < -0.39 is 22.7 Å². The smallest absolute Gasteiger partial charge is 0.306 e. The van der Waals surface area contributed by atoms with Gasteiger partial charge in [-0.15, -0.1) is 0 Å². The van der Waals surface area contributed by atoms with Gasteiger partial charge in [0.15, 0.2) is 0 Å². The van der Waals surface area contributed by atoms with Crippen molar-refractivity contribution in [3.8, 4) is 0 Å². The van der Waals surface area contributed by atoms with E-state index in [0.717, 1.165) is 0 Å². The number of carboxylic acids is 1. The molecule has 8 nitrogen and oxygen atoms in total. The maximum atomic E-state index is 12.4. The standard InChI is InChI=1S/C19H19N3O5/c23-18(21-15-8-6-13(10-15)19(24)25)12-7-9-16(17(11-12)22(26)27)20-14-4-2-1-3-5-14/h1-5,7,9,11,13,15,20H,6,8,10H2,(H,21,23)(H,24,25)/t13-,15+/m0/s1. The highest BCUT2D eigenvalue weighted by atomic mass is 16.6. The van der Waals surface area contributed by atoms with Gasteiger partial charge in [-0.1, -0.05) is 18.2 Å². The number of carbonyl (C=O) groups is 2. The van der Waals surface area contributed by atoms with Crippen molar-refractivity contribution in [1.82, 2.24) is 5.32 Å². The maximum absolute atomic E-state index is 12.4. The molecule has 0 aromatic heterocycles. The molecule has 0 unspecified atom stereocenters. The summed E-state index contributed by atoms with van der Waals surface area (Å²) in [6, 6.07) is 13.0. The second-order valence-electron chi connectivity index (χ2n) is 6.50. The Hall–Kier alpha value is -3.42. The Morgan fingerprint density at radius 3 is 2.48 bits per heavy atom. The molecule has 140 valence electrons. The zero-order valence-corrected chi connectivity index (χ0v) is 14.4. The Balaban J connectivity index is 1.74. The molecule has 0 saturated heterocycles. The first kappa shape index (κ1) is 18.4. The molecule has 0 bridgehead atoms. The average molecular weight is 369 g/mol. The molecule has 8 heteroatoms. The predicted octanol–water partition coefficient (Wildman–Crippen LogP) is 3.32. The third kappa shape index (κ3) is 4.41. The second-order valence-corrected chi connectivity index (χ2v) is 6.50. The van der Waals surface area contributed by atoms with Crippen LogP contribution < -0.4 is 10.6 Å². The topological polar surface area (TPSA) is 122 Å². The summed E-state index contributed by atoms with van der Waals surface area (Å²) in [5.41, 5.74) is 0.943. The molecule has 1 aliphatic carbocycles. The number of nitrogens with one attached hydrogen (secondary N) is 2. The van der Waals surface area contributed by atoms with Crippen LogP contribution in [-0.4, -0.2) is 27.9 Å². The van der Waals surface area contributed by atoms with Crippen LogP contribution in [0, 0.1) is 16.0 Å². The predicted molar refractivity (Wildman–Crippen MR) is 99.1 cm³/mol. The summed E-state index contributed by atoms with van der Waals surface area (Å²) in [6.07, 6.45) is 1.47. The average Bonchev–Trinajstić information content (AvgIpc) is 3.11. The van der Waals surface area contributed by atoms with Crippen LogP contribution in [0.1, 0.15) is 29.6 Å². The van der Waals surface area contributed by atoms with Gasteiger partial charge >= 0.3 is 5.97 Å². The van der Waals surface area contributed by atoms with Gasteiger partial charge < -0.3 is 15.7 Å². The number of anilines is 2. The van der Waals surface area contributed by atoms with Crippen LogP contribution in [0.2, 0.25) is 0 Å². The van der Waals surface area contributed by atoms with Crippen LogP contribution in [0.5, 0.6) is 0 Å². The number of hydrogen-bond acceptors (Lipinski definition) is 5. The zero-order valence-electron chi connectivity index (χ0n) is 14.4. The van der Waals surface area contributed by atoms with Crippen molar-refractivity contribution in [3.05, 3.63) is 64.2 Å². The van der Waals surface area contributed by atoms with Crippen LogP contribution in [0.15, 0.2) is 48.5 Å². The van der Waals surface area contributed by atoms with Crippen molar-refractivity contribution in [2.45, 2.75) is 25.3 Å². The number of nitro groups is 1. The van der Waals surface area contributed by atoms with E-state index in [4.69, 9.17) is 5.11 Å². The number of amides is 1. The van der Waals surface area contributed by atoms with Crippen molar-refractivity contribution >= 4 is 28.9 Å². The molecule has 1 aliphatic rings. The second kappa shape index (κ2) is 7.86. The normalized spacial score (nSPS) is 18.7. The van der Waals surface area contributed by atoms with Gasteiger partial charge in [-0.25, -0.2) is 0 Å². The van der Waals surface area contributed by atoms with Gasteiger partial charge in [0.25, 0.3) is 11.6 Å². The van der Waals surface area contributed by atoms with E-state index in [9.17, 15) is 19.7 Å².